The summed E-state index contributed by atoms with van der Waals surface area (Å²) in [5.41, 5.74) is 2.73. The van der Waals surface area contributed by atoms with E-state index in [0.717, 1.165) is 16.7 Å². The highest BCUT2D eigenvalue weighted by atomic mass is 35.5. The Balaban J connectivity index is 1.94. The first-order valence-electron chi connectivity index (χ1n) is 10.7. The molecule has 9 nitrogen and oxygen atoms in total. The molecule has 0 radical (unpaired) electrons. The summed E-state index contributed by atoms with van der Waals surface area (Å²) in [4.78, 5) is 13.0. The fourth-order valence-corrected chi connectivity index (χ4v) is 4.93. The van der Waals surface area contributed by atoms with E-state index in [-0.39, 0.29) is 17.2 Å². The van der Waals surface area contributed by atoms with Crippen LogP contribution in [0, 0.1) is 0 Å². The minimum absolute atomic E-state index is 0.210. The smallest absolute Gasteiger partial charge is 0.220 e. The average molecular weight is 517 g/mol. The zero-order chi connectivity index (χ0) is 25.1. The number of aromatic nitrogens is 2. The van der Waals surface area contributed by atoms with Crippen LogP contribution < -0.4 is 35.0 Å². The van der Waals surface area contributed by atoms with Gasteiger partial charge >= 0.3 is 0 Å². The van der Waals surface area contributed by atoms with E-state index in [0.29, 0.717) is 51.6 Å². The van der Waals surface area contributed by atoms with Crippen LogP contribution in [0.4, 0.5) is 5.82 Å². The predicted molar refractivity (Wildman–Crippen MR) is 138 cm³/mol. The van der Waals surface area contributed by atoms with Crippen molar-refractivity contribution in [2.24, 2.45) is 0 Å². The van der Waals surface area contributed by atoms with Crippen molar-refractivity contribution >= 4 is 34.7 Å². The molecule has 4 rings (SSSR count). The number of hydrogen-bond donors (Lipinski definition) is 3. The van der Waals surface area contributed by atoms with Crippen LogP contribution in [-0.4, -0.2) is 43.7 Å². The molecule has 0 bridgehead atoms. The molecule has 0 aliphatic heterocycles. The molecule has 0 unspecified atom stereocenters. The highest BCUT2D eigenvalue weighted by Crippen LogP contribution is 2.54. The van der Waals surface area contributed by atoms with Crippen LogP contribution in [0.2, 0.25) is 5.02 Å². The van der Waals surface area contributed by atoms with Gasteiger partial charge in [0.2, 0.25) is 11.2 Å². The number of H-pyrrole nitrogens is 1. The summed E-state index contributed by atoms with van der Waals surface area (Å²) in [6, 6.07) is 6.45. The fourth-order valence-electron chi connectivity index (χ4n) is 4.33. The number of benzene rings is 1. The zero-order valence-electron chi connectivity index (χ0n) is 19.7. The van der Waals surface area contributed by atoms with Gasteiger partial charge in [-0.25, -0.2) is 0 Å². The second-order valence-corrected chi connectivity index (χ2v) is 8.49. The quantitative estimate of drug-likeness (QED) is 0.417. The number of ether oxygens (including phenoxy) is 4. The lowest BCUT2D eigenvalue weighted by molar-refractivity contribution is 0.325. The Morgan fingerprint density at radius 2 is 1.83 bits per heavy atom. The zero-order valence-corrected chi connectivity index (χ0v) is 21.2. The molecule has 1 aliphatic rings. The molecular weight excluding hydrogens is 492 g/mol. The molecule has 0 spiro atoms. The van der Waals surface area contributed by atoms with Crippen molar-refractivity contribution in [3.8, 4) is 34.1 Å². The Morgan fingerprint density at radius 3 is 2.46 bits per heavy atom. The highest BCUT2D eigenvalue weighted by molar-refractivity contribution is 7.80. The molecule has 0 amide bonds. The second kappa shape index (κ2) is 10.4. The monoisotopic (exact) mass is 516 g/mol. The second-order valence-electron chi connectivity index (χ2n) is 7.71. The molecule has 11 heteroatoms. The maximum atomic E-state index is 13.0. The molecule has 2 aromatic carbocycles. The number of hydrogen-bond acceptors (Lipinski definition) is 7. The molecule has 1 atom stereocenters. The van der Waals surface area contributed by atoms with Crippen LogP contribution in [-0.2, 0) is 6.42 Å². The van der Waals surface area contributed by atoms with Gasteiger partial charge in [0.05, 0.1) is 45.7 Å². The van der Waals surface area contributed by atoms with Gasteiger partial charge in [-0.2, -0.15) is 5.10 Å². The van der Waals surface area contributed by atoms with Crippen molar-refractivity contribution in [2.45, 2.75) is 18.9 Å². The third-order valence-electron chi connectivity index (χ3n) is 5.86. The van der Waals surface area contributed by atoms with Gasteiger partial charge in [-0.05, 0) is 53.9 Å². The van der Waals surface area contributed by atoms with Crippen LogP contribution >= 0.6 is 23.8 Å². The van der Waals surface area contributed by atoms with Crippen LogP contribution in [0.15, 0.2) is 35.3 Å². The van der Waals surface area contributed by atoms with Crippen LogP contribution in [0.5, 0.6) is 23.0 Å². The summed E-state index contributed by atoms with van der Waals surface area (Å²) >= 11 is 12.4. The van der Waals surface area contributed by atoms with Gasteiger partial charge in [0.25, 0.3) is 0 Å². The van der Waals surface area contributed by atoms with E-state index in [2.05, 4.69) is 20.8 Å². The van der Waals surface area contributed by atoms with Crippen molar-refractivity contribution < 1.29 is 18.9 Å². The average Bonchev–Trinajstić information content (AvgIpc) is 3.24. The first-order valence-corrected chi connectivity index (χ1v) is 11.5. The van der Waals surface area contributed by atoms with Gasteiger partial charge in [-0.1, -0.05) is 17.7 Å². The van der Waals surface area contributed by atoms with Gasteiger partial charge in [0.15, 0.2) is 22.4 Å². The van der Waals surface area contributed by atoms with Gasteiger partial charge in [0, 0.05) is 11.6 Å². The van der Waals surface area contributed by atoms with Gasteiger partial charge in [-0.15, -0.1) is 0 Å². The summed E-state index contributed by atoms with van der Waals surface area (Å²) in [6.07, 6.45) is 2.75. The Morgan fingerprint density at radius 1 is 1.09 bits per heavy atom. The largest absolute Gasteiger partial charge is 0.493 e. The first-order chi connectivity index (χ1) is 16.9. The van der Waals surface area contributed by atoms with Crippen molar-refractivity contribution in [3.05, 3.63) is 56.8 Å². The molecule has 3 N–H and O–H groups in total. The predicted octanol–water partition coefficient (Wildman–Crippen LogP) is 4.10. The Labute approximate surface area is 212 Å². The number of halogens is 1. The number of fused-ring (bicyclic) bond motifs is 3. The molecule has 35 heavy (non-hydrogen) atoms. The minimum atomic E-state index is -0.331. The lowest BCUT2D eigenvalue weighted by Gasteiger charge is -2.21. The van der Waals surface area contributed by atoms with Gasteiger partial charge in [-0.3, -0.25) is 9.89 Å². The van der Waals surface area contributed by atoms with E-state index in [4.69, 9.17) is 42.8 Å². The Hall–Kier alpha value is -3.50. The molecule has 3 aromatic rings. The van der Waals surface area contributed by atoms with E-state index in [9.17, 15) is 4.79 Å². The number of nitrogens with one attached hydrogen (secondary N) is 3. The molecule has 1 aromatic heterocycles. The lowest BCUT2D eigenvalue weighted by Crippen LogP contribution is -2.33. The maximum Gasteiger partial charge on any atom is 0.220 e. The van der Waals surface area contributed by atoms with E-state index in [1.807, 2.05) is 6.07 Å². The van der Waals surface area contributed by atoms with Crippen LogP contribution in [0.3, 0.4) is 0 Å². The van der Waals surface area contributed by atoms with Gasteiger partial charge < -0.3 is 29.6 Å². The van der Waals surface area contributed by atoms with Crippen molar-refractivity contribution in [2.75, 3.05) is 33.8 Å². The van der Waals surface area contributed by atoms with Gasteiger partial charge in [0.1, 0.15) is 5.82 Å². The van der Waals surface area contributed by atoms with Crippen molar-refractivity contribution in [1.82, 2.24) is 15.5 Å². The summed E-state index contributed by atoms with van der Waals surface area (Å²) in [7, 11) is 6.06. The highest BCUT2D eigenvalue weighted by Gasteiger charge is 2.32. The number of rotatable bonds is 6. The third-order valence-corrected chi connectivity index (χ3v) is 6.48. The summed E-state index contributed by atoms with van der Waals surface area (Å²) in [5, 5.41) is 13.9. The summed E-state index contributed by atoms with van der Waals surface area (Å²) in [5.74, 6) is 2.07. The Kier molecular flexibility index (Phi) is 7.32. The first kappa shape index (κ1) is 24.6. The maximum absolute atomic E-state index is 13.0. The van der Waals surface area contributed by atoms with Crippen molar-refractivity contribution in [1.29, 1.82) is 0 Å². The number of nitrogens with zero attached hydrogens (tertiary/aromatic N) is 1. The number of thiocarbonyl (C=S) groups is 1. The summed E-state index contributed by atoms with van der Waals surface area (Å²) < 4.78 is 22.3. The Bertz CT molecular complexity index is 1320. The number of methoxy groups -OCH3 is 4. The minimum Gasteiger partial charge on any atom is -0.493 e. The lowest BCUT2D eigenvalue weighted by atomic mass is 9.95. The standard InChI is InChI=1S/C24H25ClN4O5S/c1-31-17-8-6-12-14(11-16(17)30)15(27-24(35)28-18-9-10-26-29-18)7-5-13-19(12)21(32-2)23(34-4)22(33-3)20(13)25/h6,8-11,15H,5,7H2,1-4H3,(H3,26,27,28,29,35)/t15-/m0/s1. The molecular formula is C24H25ClN4O5S. The normalized spacial score (nSPS) is 14.1. The van der Waals surface area contributed by atoms with Crippen molar-refractivity contribution in [3.63, 3.8) is 0 Å². The third kappa shape index (κ3) is 4.59. The molecule has 1 aliphatic carbocycles. The van der Waals surface area contributed by atoms with E-state index in [1.165, 1.54) is 21.3 Å². The topological polar surface area (TPSA) is 107 Å². The molecule has 184 valence electrons. The fraction of sp³-hybridized carbons (Fsp3) is 0.292. The van der Waals surface area contributed by atoms with E-state index in [1.54, 1.807) is 31.5 Å². The SMILES string of the molecule is COc1c(Cl)c2c(c(OC)c1OC)-c1ccc(OC)c(=O)cc1[C@@H](NC(=S)Nc1ccn[nH]1)CC2. The molecule has 0 saturated carbocycles. The molecule has 0 fully saturated rings. The van der Waals surface area contributed by atoms with Crippen LogP contribution in [0.1, 0.15) is 23.6 Å². The summed E-state index contributed by atoms with van der Waals surface area (Å²) in [6.45, 7) is 0. The van der Waals surface area contributed by atoms with E-state index < -0.39 is 0 Å². The molecule has 0 saturated heterocycles. The molecule has 1 heterocycles. The number of anilines is 1. The van der Waals surface area contributed by atoms with E-state index >= 15 is 0 Å². The number of aromatic amines is 1. The van der Waals surface area contributed by atoms with Crippen LogP contribution in [0.25, 0.3) is 11.1 Å².